The number of thiophene rings is 1. The molecule has 1 fully saturated rings. The summed E-state index contributed by atoms with van der Waals surface area (Å²) in [4.78, 5) is 14.8. The van der Waals surface area contributed by atoms with Crippen LogP contribution >= 0.6 is 11.3 Å². The number of carbonyl (C=O) groups excluding carboxylic acids is 1. The van der Waals surface area contributed by atoms with Gasteiger partial charge in [0.1, 0.15) is 6.04 Å². The Balaban J connectivity index is 1.98. The molecule has 88 valence electrons. The van der Waals surface area contributed by atoms with Crippen molar-refractivity contribution in [3.8, 4) is 0 Å². The van der Waals surface area contributed by atoms with Crippen LogP contribution in [0.25, 0.3) is 0 Å². The number of hydrogen-bond donors (Lipinski definition) is 1. The lowest BCUT2D eigenvalue weighted by Crippen LogP contribution is -2.37. The molecule has 2 heterocycles. The van der Waals surface area contributed by atoms with Crippen molar-refractivity contribution in [1.82, 2.24) is 4.90 Å². The fourth-order valence-corrected chi connectivity index (χ4v) is 2.63. The lowest BCUT2D eigenvalue weighted by atomic mass is 10.2. The Morgan fingerprint density at radius 2 is 2.56 bits per heavy atom. The average molecular weight is 240 g/mol. The Bertz CT molecular complexity index is 353. The van der Waals surface area contributed by atoms with Crippen LogP contribution in [0, 0.1) is 0 Å². The first-order valence-corrected chi connectivity index (χ1v) is 6.21. The zero-order chi connectivity index (χ0) is 11.5. The molecular weight excluding hydrogens is 224 g/mol. The second kappa shape index (κ2) is 4.95. The molecule has 0 aliphatic carbocycles. The van der Waals surface area contributed by atoms with E-state index in [1.54, 1.807) is 12.0 Å². The molecule has 4 nitrogen and oxygen atoms in total. The molecule has 0 saturated carbocycles. The zero-order valence-electron chi connectivity index (χ0n) is 9.26. The van der Waals surface area contributed by atoms with Crippen molar-refractivity contribution in [2.24, 2.45) is 5.73 Å². The molecule has 16 heavy (non-hydrogen) atoms. The van der Waals surface area contributed by atoms with E-state index in [0.717, 1.165) is 17.8 Å². The summed E-state index contributed by atoms with van der Waals surface area (Å²) in [6.07, 6.45) is 1.07. The number of ether oxygens (including phenoxy) is 1. The molecule has 1 aliphatic heterocycles. The van der Waals surface area contributed by atoms with Crippen LogP contribution in [0.3, 0.4) is 0 Å². The highest BCUT2D eigenvalue weighted by atomic mass is 32.1. The van der Waals surface area contributed by atoms with Crippen LogP contribution < -0.4 is 5.73 Å². The molecule has 1 aliphatic rings. The molecule has 0 radical (unpaired) electrons. The molecular formula is C11H16N2O2S. The number of nitrogens with two attached hydrogens (primary N) is 1. The van der Waals surface area contributed by atoms with E-state index in [-0.39, 0.29) is 12.0 Å². The van der Waals surface area contributed by atoms with Crippen LogP contribution in [0.4, 0.5) is 0 Å². The third-order valence-corrected chi connectivity index (χ3v) is 3.86. The predicted molar refractivity (Wildman–Crippen MR) is 63.2 cm³/mol. The second-order valence-corrected chi connectivity index (χ2v) is 4.90. The van der Waals surface area contributed by atoms with Gasteiger partial charge in [-0.1, -0.05) is 6.07 Å². The van der Waals surface area contributed by atoms with Gasteiger partial charge in [0, 0.05) is 25.1 Å². The van der Waals surface area contributed by atoms with Crippen LogP contribution in [0.1, 0.15) is 17.3 Å². The van der Waals surface area contributed by atoms with Gasteiger partial charge in [0.05, 0.1) is 6.10 Å². The van der Waals surface area contributed by atoms with Crippen LogP contribution in [0.15, 0.2) is 17.5 Å². The highest BCUT2D eigenvalue weighted by Gasteiger charge is 2.30. The van der Waals surface area contributed by atoms with Crippen molar-refractivity contribution < 1.29 is 9.53 Å². The maximum absolute atomic E-state index is 12.1. The van der Waals surface area contributed by atoms with Crippen LogP contribution in [0.2, 0.25) is 0 Å². The number of likely N-dealkylation sites (tertiary alicyclic amines) is 1. The van der Waals surface area contributed by atoms with Gasteiger partial charge in [-0.25, -0.2) is 0 Å². The Labute approximate surface area is 99.0 Å². The molecule has 1 amide bonds. The van der Waals surface area contributed by atoms with Crippen LogP contribution in [-0.2, 0) is 9.53 Å². The van der Waals surface area contributed by atoms with E-state index in [4.69, 9.17) is 10.5 Å². The van der Waals surface area contributed by atoms with Gasteiger partial charge < -0.3 is 15.4 Å². The van der Waals surface area contributed by atoms with Gasteiger partial charge in [-0.15, -0.1) is 11.3 Å². The normalized spacial score (nSPS) is 22.4. The molecule has 2 atom stereocenters. The first-order valence-electron chi connectivity index (χ1n) is 5.33. The molecule has 1 aromatic rings. The van der Waals surface area contributed by atoms with Crippen molar-refractivity contribution >= 4 is 17.2 Å². The van der Waals surface area contributed by atoms with Crippen LogP contribution in [-0.4, -0.2) is 37.1 Å². The maximum Gasteiger partial charge on any atom is 0.245 e. The molecule has 1 aromatic heterocycles. The van der Waals surface area contributed by atoms with Gasteiger partial charge in [0.2, 0.25) is 5.91 Å². The minimum atomic E-state index is -0.518. The molecule has 0 aromatic carbocycles. The number of rotatable bonds is 3. The van der Waals surface area contributed by atoms with E-state index >= 15 is 0 Å². The largest absolute Gasteiger partial charge is 0.380 e. The Morgan fingerprint density at radius 3 is 3.12 bits per heavy atom. The summed E-state index contributed by atoms with van der Waals surface area (Å²) < 4.78 is 5.23. The topological polar surface area (TPSA) is 55.6 Å². The predicted octanol–water partition coefficient (Wildman–Crippen LogP) is 0.995. The van der Waals surface area contributed by atoms with Crippen molar-refractivity contribution in [2.75, 3.05) is 20.2 Å². The van der Waals surface area contributed by atoms with Gasteiger partial charge in [-0.05, 0) is 17.9 Å². The fourth-order valence-electron chi connectivity index (χ4n) is 1.91. The number of methoxy groups -OCH3 is 1. The van der Waals surface area contributed by atoms with Crippen molar-refractivity contribution in [1.29, 1.82) is 0 Å². The Morgan fingerprint density at radius 1 is 1.75 bits per heavy atom. The van der Waals surface area contributed by atoms with Crippen molar-refractivity contribution in [3.05, 3.63) is 22.4 Å². The smallest absolute Gasteiger partial charge is 0.245 e. The molecule has 2 unspecified atom stereocenters. The summed E-state index contributed by atoms with van der Waals surface area (Å²) in [7, 11) is 1.68. The van der Waals surface area contributed by atoms with E-state index in [0.29, 0.717) is 6.54 Å². The quantitative estimate of drug-likeness (QED) is 0.857. The first kappa shape index (κ1) is 11.6. The first-order chi connectivity index (χ1) is 7.72. The van der Waals surface area contributed by atoms with E-state index in [2.05, 4.69) is 0 Å². The van der Waals surface area contributed by atoms with Gasteiger partial charge in [-0.3, -0.25) is 4.79 Å². The Kier molecular flexibility index (Phi) is 3.58. The molecule has 5 heteroatoms. The molecule has 0 spiro atoms. The third-order valence-electron chi connectivity index (χ3n) is 2.91. The SMILES string of the molecule is COC1CCN(C(=O)C(N)c2cccs2)C1. The lowest BCUT2D eigenvalue weighted by molar-refractivity contribution is -0.132. The van der Waals surface area contributed by atoms with E-state index < -0.39 is 6.04 Å². The number of carbonyl (C=O) groups is 1. The monoisotopic (exact) mass is 240 g/mol. The van der Waals surface area contributed by atoms with Gasteiger partial charge in [0.15, 0.2) is 0 Å². The van der Waals surface area contributed by atoms with Crippen LogP contribution in [0.5, 0.6) is 0 Å². The number of amides is 1. The summed E-state index contributed by atoms with van der Waals surface area (Å²) in [5.74, 6) is 0.00185. The van der Waals surface area contributed by atoms with Gasteiger partial charge >= 0.3 is 0 Å². The average Bonchev–Trinajstić information content (AvgIpc) is 2.97. The van der Waals surface area contributed by atoms with Gasteiger partial charge in [0.25, 0.3) is 0 Å². The Hall–Kier alpha value is -0.910. The van der Waals surface area contributed by atoms with E-state index in [1.165, 1.54) is 11.3 Å². The third kappa shape index (κ3) is 2.26. The van der Waals surface area contributed by atoms with Gasteiger partial charge in [-0.2, -0.15) is 0 Å². The molecule has 2 N–H and O–H groups in total. The second-order valence-electron chi connectivity index (χ2n) is 3.92. The summed E-state index contributed by atoms with van der Waals surface area (Å²) in [5, 5.41) is 1.93. The highest BCUT2D eigenvalue weighted by molar-refractivity contribution is 7.10. The summed E-state index contributed by atoms with van der Waals surface area (Å²) >= 11 is 1.52. The van der Waals surface area contributed by atoms with E-state index in [9.17, 15) is 4.79 Å². The molecule has 2 rings (SSSR count). The highest BCUT2D eigenvalue weighted by Crippen LogP contribution is 2.21. The van der Waals surface area contributed by atoms with E-state index in [1.807, 2.05) is 17.5 Å². The molecule has 0 bridgehead atoms. The molecule has 1 saturated heterocycles. The maximum atomic E-state index is 12.1. The summed E-state index contributed by atoms with van der Waals surface area (Å²) in [5.41, 5.74) is 5.93. The lowest BCUT2D eigenvalue weighted by Gasteiger charge is -2.19. The number of nitrogens with zero attached hydrogens (tertiary/aromatic N) is 1. The standard InChI is InChI=1S/C11H16N2O2S/c1-15-8-4-5-13(7-8)11(14)10(12)9-3-2-6-16-9/h2-3,6,8,10H,4-5,7,12H2,1H3. The number of hydrogen-bond acceptors (Lipinski definition) is 4. The summed E-state index contributed by atoms with van der Waals surface area (Å²) in [6, 6.07) is 3.29. The minimum absolute atomic E-state index is 0.00185. The fraction of sp³-hybridized carbons (Fsp3) is 0.545. The zero-order valence-corrected chi connectivity index (χ0v) is 10.1. The minimum Gasteiger partial charge on any atom is -0.380 e. The summed E-state index contributed by atoms with van der Waals surface area (Å²) in [6.45, 7) is 1.41. The van der Waals surface area contributed by atoms with Crippen molar-refractivity contribution in [3.63, 3.8) is 0 Å². The van der Waals surface area contributed by atoms with Crippen molar-refractivity contribution in [2.45, 2.75) is 18.6 Å².